The van der Waals surface area contributed by atoms with Gasteiger partial charge in [-0.1, -0.05) is 16.8 Å². The molecule has 0 atom stereocenters. The van der Waals surface area contributed by atoms with Crippen LogP contribution in [-0.2, 0) is 11.3 Å². The number of carbonyl (C=O) groups excluding carboxylic acids is 1. The van der Waals surface area contributed by atoms with Crippen molar-refractivity contribution in [2.45, 2.75) is 6.61 Å². The van der Waals surface area contributed by atoms with Crippen molar-refractivity contribution in [3.8, 4) is 11.5 Å². The predicted molar refractivity (Wildman–Crippen MR) is 74.7 cm³/mol. The zero-order valence-electron chi connectivity index (χ0n) is 11.1. The SMILES string of the molecule is O=C(OCc1cc(-c2ccco2)on1)c1cc(Cl)ccc1F. The summed E-state index contributed by atoms with van der Waals surface area (Å²) in [4.78, 5) is 11.8. The third-order valence-electron chi connectivity index (χ3n) is 2.82. The Kier molecular flexibility index (Phi) is 3.93. The molecule has 0 aliphatic heterocycles. The van der Waals surface area contributed by atoms with Crippen molar-refractivity contribution in [1.82, 2.24) is 5.16 Å². The third-order valence-corrected chi connectivity index (χ3v) is 3.06. The Hall–Kier alpha value is -2.60. The number of hydrogen-bond donors (Lipinski definition) is 0. The van der Waals surface area contributed by atoms with E-state index in [1.54, 1.807) is 18.2 Å². The Bertz CT molecular complexity index is 798. The second-order valence-electron chi connectivity index (χ2n) is 4.36. The number of rotatable bonds is 4. The van der Waals surface area contributed by atoms with Crippen LogP contribution in [0.25, 0.3) is 11.5 Å². The van der Waals surface area contributed by atoms with Gasteiger partial charge in [-0.15, -0.1) is 0 Å². The summed E-state index contributed by atoms with van der Waals surface area (Å²) in [7, 11) is 0. The fourth-order valence-corrected chi connectivity index (χ4v) is 1.96. The Balaban J connectivity index is 1.67. The summed E-state index contributed by atoms with van der Waals surface area (Å²) < 4.78 is 28.7. The monoisotopic (exact) mass is 321 g/mol. The van der Waals surface area contributed by atoms with E-state index >= 15 is 0 Å². The van der Waals surface area contributed by atoms with E-state index in [4.69, 9.17) is 25.3 Å². The molecule has 0 saturated carbocycles. The number of ether oxygens (including phenoxy) is 1. The average Bonchev–Trinajstić information content (AvgIpc) is 3.17. The Morgan fingerprint density at radius 3 is 2.91 bits per heavy atom. The summed E-state index contributed by atoms with van der Waals surface area (Å²) in [5.41, 5.74) is 0.143. The molecule has 0 fully saturated rings. The summed E-state index contributed by atoms with van der Waals surface area (Å²) in [6.45, 7) is -0.158. The molecule has 0 bridgehead atoms. The van der Waals surface area contributed by atoms with E-state index in [-0.39, 0.29) is 17.2 Å². The Morgan fingerprint density at radius 1 is 1.27 bits per heavy atom. The van der Waals surface area contributed by atoms with Crippen LogP contribution >= 0.6 is 11.6 Å². The van der Waals surface area contributed by atoms with Crippen LogP contribution in [0.5, 0.6) is 0 Å². The molecule has 3 rings (SSSR count). The molecule has 0 unspecified atom stereocenters. The number of esters is 1. The molecule has 0 N–H and O–H groups in total. The van der Waals surface area contributed by atoms with Gasteiger partial charge in [0.1, 0.15) is 18.1 Å². The van der Waals surface area contributed by atoms with Gasteiger partial charge in [-0.2, -0.15) is 0 Å². The number of halogens is 2. The summed E-state index contributed by atoms with van der Waals surface area (Å²) in [5.74, 6) is -0.621. The van der Waals surface area contributed by atoms with Gasteiger partial charge in [0.25, 0.3) is 0 Å². The van der Waals surface area contributed by atoms with Crippen LogP contribution < -0.4 is 0 Å². The lowest BCUT2D eigenvalue weighted by molar-refractivity contribution is 0.0459. The maximum Gasteiger partial charge on any atom is 0.341 e. The van der Waals surface area contributed by atoms with Crippen LogP contribution in [0.4, 0.5) is 4.39 Å². The highest BCUT2D eigenvalue weighted by molar-refractivity contribution is 6.30. The molecule has 0 saturated heterocycles. The molecule has 7 heteroatoms. The van der Waals surface area contributed by atoms with Crippen molar-refractivity contribution in [2.24, 2.45) is 0 Å². The van der Waals surface area contributed by atoms with E-state index in [9.17, 15) is 9.18 Å². The topological polar surface area (TPSA) is 65.5 Å². The molecular formula is C15H9ClFNO4. The van der Waals surface area contributed by atoms with Crippen molar-refractivity contribution in [3.63, 3.8) is 0 Å². The van der Waals surface area contributed by atoms with Gasteiger partial charge >= 0.3 is 5.97 Å². The lowest BCUT2D eigenvalue weighted by Gasteiger charge is -2.04. The predicted octanol–water partition coefficient (Wildman–Crippen LogP) is 4.08. The Morgan fingerprint density at radius 2 is 2.14 bits per heavy atom. The first-order valence-corrected chi connectivity index (χ1v) is 6.63. The standard InChI is InChI=1S/C15H9ClFNO4/c16-9-3-4-12(17)11(6-9)15(19)21-8-10-7-14(22-18-10)13-2-1-5-20-13/h1-7H,8H2. The molecule has 22 heavy (non-hydrogen) atoms. The van der Waals surface area contributed by atoms with Crippen LogP contribution in [0.2, 0.25) is 5.02 Å². The van der Waals surface area contributed by atoms with Crippen LogP contribution in [0, 0.1) is 5.82 Å². The first kappa shape index (κ1) is 14.3. The van der Waals surface area contributed by atoms with E-state index in [1.807, 2.05) is 0 Å². The van der Waals surface area contributed by atoms with E-state index in [0.29, 0.717) is 17.2 Å². The molecule has 0 radical (unpaired) electrons. The first-order chi connectivity index (χ1) is 10.6. The molecule has 3 aromatic rings. The number of benzene rings is 1. The molecule has 5 nitrogen and oxygen atoms in total. The van der Waals surface area contributed by atoms with Gasteiger partial charge in [-0.05, 0) is 30.3 Å². The average molecular weight is 322 g/mol. The minimum Gasteiger partial charge on any atom is -0.461 e. The minimum atomic E-state index is -0.831. The third kappa shape index (κ3) is 3.01. The number of carbonyl (C=O) groups is 1. The van der Waals surface area contributed by atoms with Gasteiger partial charge in [0, 0.05) is 11.1 Å². The van der Waals surface area contributed by atoms with Gasteiger partial charge < -0.3 is 13.7 Å². The van der Waals surface area contributed by atoms with Crippen LogP contribution in [0.1, 0.15) is 16.1 Å². The van der Waals surface area contributed by atoms with Gasteiger partial charge in [-0.3, -0.25) is 0 Å². The molecule has 2 heterocycles. The van der Waals surface area contributed by atoms with Crippen LogP contribution in [0.3, 0.4) is 0 Å². The number of hydrogen-bond acceptors (Lipinski definition) is 5. The fourth-order valence-electron chi connectivity index (χ4n) is 1.79. The van der Waals surface area contributed by atoms with Gasteiger partial charge in [0.05, 0.1) is 11.8 Å². The summed E-state index contributed by atoms with van der Waals surface area (Å²) in [6.07, 6.45) is 1.50. The molecule has 112 valence electrons. The van der Waals surface area contributed by atoms with Crippen molar-refractivity contribution in [2.75, 3.05) is 0 Å². The molecule has 0 aliphatic rings. The second kappa shape index (κ2) is 6.03. The van der Waals surface area contributed by atoms with Crippen molar-refractivity contribution in [3.05, 3.63) is 64.8 Å². The van der Waals surface area contributed by atoms with Gasteiger partial charge in [0.2, 0.25) is 5.76 Å². The van der Waals surface area contributed by atoms with Gasteiger partial charge in [-0.25, -0.2) is 9.18 Å². The largest absolute Gasteiger partial charge is 0.461 e. The van der Waals surface area contributed by atoms with E-state index in [0.717, 1.165) is 6.07 Å². The van der Waals surface area contributed by atoms with Crippen molar-refractivity contribution >= 4 is 17.6 Å². The smallest absolute Gasteiger partial charge is 0.341 e. The molecule has 0 aliphatic carbocycles. The number of aromatic nitrogens is 1. The molecule has 0 amide bonds. The maximum atomic E-state index is 13.5. The zero-order valence-corrected chi connectivity index (χ0v) is 11.8. The number of furan rings is 1. The fraction of sp³-hybridized carbons (Fsp3) is 0.0667. The lowest BCUT2D eigenvalue weighted by atomic mass is 10.2. The van der Waals surface area contributed by atoms with Crippen molar-refractivity contribution in [1.29, 1.82) is 0 Å². The van der Waals surface area contributed by atoms with E-state index in [1.165, 1.54) is 18.4 Å². The highest BCUT2D eigenvalue weighted by Crippen LogP contribution is 2.21. The normalized spacial score (nSPS) is 10.6. The quantitative estimate of drug-likeness (QED) is 0.677. The van der Waals surface area contributed by atoms with Crippen LogP contribution in [0.15, 0.2) is 51.6 Å². The first-order valence-electron chi connectivity index (χ1n) is 6.25. The maximum absolute atomic E-state index is 13.5. The summed E-state index contributed by atoms with van der Waals surface area (Å²) >= 11 is 5.73. The summed E-state index contributed by atoms with van der Waals surface area (Å²) in [6, 6.07) is 8.64. The highest BCUT2D eigenvalue weighted by atomic mass is 35.5. The van der Waals surface area contributed by atoms with Gasteiger partial charge in [0.15, 0.2) is 5.76 Å². The Labute approximate surface area is 129 Å². The molecule has 0 spiro atoms. The van der Waals surface area contributed by atoms with E-state index < -0.39 is 11.8 Å². The lowest BCUT2D eigenvalue weighted by Crippen LogP contribution is -2.07. The van der Waals surface area contributed by atoms with E-state index in [2.05, 4.69) is 5.16 Å². The molecular weight excluding hydrogens is 313 g/mol. The number of nitrogens with zero attached hydrogens (tertiary/aromatic N) is 1. The minimum absolute atomic E-state index is 0.158. The molecule has 1 aromatic carbocycles. The van der Waals surface area contributed by atoms with Crippen LogP contribution in [-0.4, -0.2) is 11.1 Å². The zero-order chi connectivity index (χ0) is 15.5. The second-order valence-corrected chi connectivity index (χ2v) is 4.80. The molecule has 2 aromatic heterocycles. The summed E-state index contributed by atoms with van der Waals surface area (Å²) in [5, 5.41) is 3.99. The highest BCUT2D eigenvalue weighted by Gasteiger charge is 2.15. The van der Waals surface area contributed by atoms with Crippen molar-refractivity contribution < 1.29 is 22.9 Å².